The van der Waals surface area contributed by atoms with Crippen LogP contribution in [0.5, 0.6) is 0 Å². The Morgan fingerprint density at radius 3 is 0.765 bits per heavy atom. The molecule has 0 aliphatic carbocycles. The van der Waals surface area contributed by atoms with E-state index in [2.05, 4.69) is 203 Å². The van der Waals surface area contributed by atoms with E-state index in [-0.39, 0.29) is 37.5 Å². The molecule has 0 radical (unpaired) electrons. The smallest absolute Gasteiger partial charge is 0.306 e. The normalized spacial score (nSPS) is 13.4. The molecule has 452 valence electrons. The fourth-order valence-electron chi connectivity index (χ4n) is 8.09. The maximum Gasteiger partial charge on any atom is 0.306 e. The lowest BCUT2D eigenvalue weighted by molar-refractivity contribution is -0.167. The molecule has 0 aliphatic rings. The molecular weight excluding hydrogens is 997 g/mol. The van der Waals surface area contributed by atoms with Crippen molar-refractivity contribution in [1.82, 2.24) is 0 Å². The van der Waals surface area contributed by atoms with Crippen LogP contribution in [-0.4, -0.2) is 37.2 Å². The first-order valence-corrected chi connectivity index (χ1v) is 32.3. The van der Waals surface area contributed by atoms with Gasteiger partial charge in [0, 0.05) is 19.3 Å². The Kier molecular flexibility index (Phi) is 62.5. The van der Waals surface area contributed by atoms with Crippen molar-refractivity contribution < 1.29 is 28.6 Å². The molecule has 0 amide bonds. The molecule has 0 fully saturated rings. The Morgan fingerprint density at radius 2 is 0.481 bits per heavy atom. The van der Waals surface area contributed by atoms with Gasteiger partial charge in [-0.2, -0.15) is 0 Å². The quantitative estimate of drug-likeness (QED) is 0.0261. The minimum atomic E-state index is -0.817. The van der Waals surface area contributed by atoms with Crippen molar-refractivity contribution in [2.24, 2.45) is 0 Å². The highest BCUT2D eigenvalue weighted by atomic mass is 16.6. The topological polar surface area (TPSA) is 78.9 Å². The Balaban J connectivity index is 4.44. The molecule has 0 spiro atoms. The van der Waals surface area contributed by atoms with Gasteiger partial charge >= 0.3 is 17.9 Å². The second-order valence-corrected chi connectivity index (χ2v) is 20.5. The first-order valence-electron chi connectivity index (χ1n) is 32.3. The summed E-state index contributed by atoms with van der Waals surface area (Å²) in [5, 5.41) is 0. The molecule has 0 bridgehead atoms. The van der Waals surface area contributed by atoms with Crippen LogP contribution in [0, 0.1) is 0 Å². The predicted molar refractivity (Wildman–Crippen MR) is 352 cm³/mol. The van der Waals surface area contributed by atoms with Crippen molar-refractivity contribution >= 4 is 17.9 Å². The number of ether oxygens (including phenoxy) is 3. The van der Waals surface area contributed by atoms with Gasteiger partial charge in [-0.3, -0.25) is 14.4 Å². The molecule has 1 unspecified atom stereocenters. The van der Waals surface area contributed by atoms with Crippen LogP contribution in [0.1, 0.15) is 252 Å². The van der Waals surface area contributed by atoms with Crippen molar-refractivity contribution in [3.8, 4) is 0 Å². The second-order valence-electron chi connectivity index (χ2n) is 20.5. The van der Waals surface area contributed by atoms with Gasteiger partial charge in [-0.15, -0.1) is 0 Å². The van der Waals surface area contributed by atoms with Crippen LogP contribution < -0.4 is 0 Å². The molecule has 0 aromatic rings. The SMILES string of the molecule is CC/C=C\C/C=C\C/C=C\C/C=C\C/C=C\C/C=C\C/C=C\C/C=C\CCCCCCC(=O)OCC(COC(=O)CCCCCCC/C=C\CCCC)OC(=O)CCCCCC/C=C\C/C=C\C/C=C\C/C=C\C/C=C\C/C=C\CC. The highest BCUT2D eigenvalue weighted by Crippen LogP contribution is 2.13. The number of carbonyl (C=O) groups excluding carboxylic acids is 3. The number of rotatable bonds is 56. The summed E-state index contributed by atoms with van der Waals surface area (Å²) in [4.78, 5) is 38.3. The zero-order valence-electron chi connectivity index (χ0n) is 51.7. The van der Waals surface area contributed by atoms with E-state index in [9.17, 15) is 14.4 Å². The summed E-state index contributed by atoms with van der Waals surface area (Å²) in [7, 11) is 0. The molecule has 6 nitrogen and oxygen atoms in total. The van der Waals surface area contributed by atoms with E-state index in [4.69, 9.17) is 14.2 Å². The summed E-state index contributed by atoms with van der Waals surface area (Å²) in [6, 6.07) is 0. The third kappa shape index (κ3) is 65.2. The van der Waals surface area contributed by atoms with Gasteiger partial charge in [0.05, 0.1) is 0 Å². The molecular formula is C75H116O6. The minimum absolute atomic E-state index is 0.110. The van der Waals surface area contributed by atoms with Crippen molar-refractivity contribution in [1.29, 1.82) is 0 Å². The number of unbranched alkanes of at least 4 members (excludes halogenated alkanes) is 15. The molecule has 0 aromatic heterocycles. The molecule has 81 heavy (non-hydrogen) atoms. The molecule has 0 aromatic carbocycles. The number of hydrogen-bond donors (Lipinski definition) is 0. The van der Waals surface area contributed by atoms with Gasteiger partial charge in [-0.05, 0) is 154 Å². The van der Waals surface area contributed by atoms with E-state index in [1.165, 1.54) is 25.7 Å². The lowest BCUT2D eigenvalue weighted by atomic mass is 10.1. The molecule has 1 atom stereocenters. The van der Waals surface area contributed by atoms with Gasteiger partial charge in [0.2, 0.25) is 0 Å². The first-order chi connectivity index (χ1) is 40.0. The number of esters is 3. The van der Waals surface area contributed by atoms with Crippen molar-refractivity contribution in [3.05, 3.63) is 182 Å². The molecule has 0 saturated carbocycles. The van der Waals surface area contributed by atoms with Crippen LogP contribution in [-0.2, 0) is 28.6 Å². The van der Waals surface area contributed by atoms with Crippen molar-refractivity contribution in [3.63, 3.8) is 0 Å². The first kappa shape index (κ1) is 75.5. The summed E-state index contributed by atoms with van der Waals surface area (Å²) in [6.07, 6.45) is 100. The Labute approximate surface area is 497 Å². The summed E-state index contributed by atoms with van der Waals surface area (Å²) < 4.78 is 16.8. The zero-order chi connectivity index (χ0) is 58.5. The summed E-state index contributed by atoms with van der Waals surface area (Å²) >= 11 is 0. The second kappa shape index (κ2) is 67.0. The average molecular weight is 1110 g/mol. The molecule has 0 N–H and O–H groups in total. The number of hydrogen-bond acceptors (Lipinski definition) is 6. The van der Waals surface area contributed by atoms with Gasteiger partial charge in [-0.1, -0.05) is 261 Å². The molecule has 0 aliphatic heterocycles. The monoisotopic (exact) mass is 1110 g/mol. The minimum Gasteiger partial charge on any atom is -0.462 e. The highest BCUT2D eigenvalue weighted by Gasteiger charge is 2.19. The van der Waals surface area contributed by atoms with Crippen LogP contribution in [0.15, 0.2) is 182 Å². The van der Waals surface area contributed by atoms with Gasteiger partial charge in [-0.25, -0.2) is 0 Å². The van der Waals surface area contributed by atoms with Crippen LogP contribution in [0.4, 0.5) is 0 Å². The van der Waals surface area contributed by atoms with Crippen LogP contribution >= 0.6 is 0 Å². The van der Waals surface area contributed by atoms with E-state index >= 15 is 0 Å². The molecule has 0 saturated heterocycles. The Hall–Kier alpha value is -5.49. The maximum atomic E-state index is 12.9. The Morgan fingerprint density at radius 1 is 0.259 bits per heavy atom. The third-order valence-electron chi connectivity index (χ3n) is 12.9. The highest BCUT2D eigenvalue weighted by molar-refractivity contribution is 5.71. The summed E-state index contributed by atoms with van der Waals surface area (Å²) in [6.45, 7) is 6.31. The number of carbonyl (C=O) groups is 3. The van der Waals surface area contributed by atoms with Gasteiger partial charge < -0.3 is 14.2 Å². The Bertz CT molecular complexity index is 1900. The van der Waals surface area contributed by atoms with Gasteiger partial charge in [0.1, 0.15) is 13.2 Å². The van der Waals surface area contributed by atoms with E-state index in [1.54, 1.807) is 0 Å². The van der Waals surface area contributed by atoms with Crippen molar-refractivity contribution in [2.45, 2.75) is 258 Å². The molecule has 6 heteroatoms. The number of allylic oxidation sites excluding steroid dienone is 30. The van der Waals surface area contributed by atoms with E-state index in [0.717, 1.165) is 186 Å². The zero-order valence-corrected chi connectivity index (χ0v) is 51.7. The fraction of sp³-hybridized carbons (Fsp3) is 0.560. The van der Waals surface area contributed by atoms with Crippen LogP contribution in [0.2, 0.25) is 0 Å². The fourth-order valence-corrected chi connectivity index (χ4v) is 8.09. The standard InChI is InChI=1S/C75H116O6/c1-4-7-10-13-16-19-22-24-26-28-30-32-34-35-36-37-38-39-41-42-44-46-48-50-53-56-59-62-65-68-74(77)80-71-72(70-79-73(76)67-64-61-58-55-52-21-18-15-12-9-6-3)81-75(78)69-66-63-60-57-54-51-49-47-45-43-40-33-31-29-27-25-23-20-17-14-11-8-5-2/h7-8,10-11,15-20,24-27,30-33,35-36,38-39,42-45,48-51,72H,4-6,9,12-14,21-23,28-29,34,37,40-41,46-47,52-71H2,1-3H3/b10-7-,11-8-,18-15-,19-16-,20-17-,26-24-,27-25-,32-30-,33-31-,36-35-,39-38-,44-42-,45-43-,50-48-,51-49-. The van der Waals surface area contributed by atoms with Gasteiger partial charge in [0.25, 0.3) is 0 Å². The molecule has 0 rings (SSSR count). The van der Waals surface area contributed by atoms with Crippen LogP contribution in [0.3, 0.4) is 0 Å². The van der Waals surface area contributed by atoms with E-state index in [0.29, 0.717) is 12.8 Å². The molecule has 0 heterocycles. The third-order valence-corrected chi connectivity index (χ3v) is 12.9. The maximum absolute atomic E-state index is 12.9. The van der Waals surface area contributed by atoms with Crippen molar-refractivity contribution in [2.75, 3.05) is 13.2 Å². The van der Waals surface area contributed by atoms with E-state index < -0.39 is 6.10 Å². The predicted octanol–water partition coefficient (Wildman–Crippen LogP) is 22.4. The lowest BCUT2D eigenvalue weighted by Crippen LogP contribution is -2.30. The summed E-state index contributed by atoms with van der Waals surface area (Å²) in [5.41, 5.74) is 0. The summed E-state index contributed by atoms with van der Waals surface area (Å²) in [5.74, 6) is -0.979. The van der Waals surface area contributed by atoms with E-state index in [1.807, 2.05) is 0 Å². The van der Waals surface area contributed by atoms with Gasteiger partial charge in [0.15, 0.2) is 6.10 Å². The average Bonchev–Trinajstić information content (AvgIpc) is 3.47. The largest absolute Gasteiger partial charge is 0.462 e. The lowest BCUT2D eigenvalue weighted by Gasteiger charge is -2.18. The van der Waals surface area contributed by atoms with Crippen LogP contribution in [0.25, 0.3) is 0 Å².